The van der Waals surface area contributed by atoms with Crippen LogP contribution in [0.25, 0.3) is 22.3 Å². The van der Waals surface area contributed by atoms with Crippen LogP contribution < -0.4 is 37.0 Å². The molecule has 1 fully saturated rings. The van der Waals surface area contributed by atoms with Crippen LogP contribution >= 0.6 is 0 Å². The van der Waals surface area contributed by atoms with Crippen LogP contribution in [0.1, 0.15) is 57.5 Å². The maximum Gasteiger partial charge on any atom is 0.261 e. The van der Waals surface area contributed by atoms with Gasteiger partial charge in [-0.25, -0.2) is 17.8 Å². The van der Waals surface area contributed by atoms with Crippen molar-refractivity contribution in [1.82, 2.24) is 25.8 Å². The first-order chi connectivity index (χ1) is 30.7. The molecule has 19 heteroatoms. The minimum Gasteiger partial charge on any atom is -0.383 e. The van der Waals surface area contributed by atoms with E-state index < -0.39 is 27.8 Å². The molecule has 1 unspecified atom stereocenters. The number of imide groups is 1. The number of nitrogen functional groups attached to an aromatic ring is 1. The molecule has 0 bridgehead atoms. The van der Waals surface area contributed by atoms with Gasteiger partial charge in [0.15, 0.2) is 0 Å². The number of anilines is 4. The maximum absolute atomic E-state index is 15.6. The Kier molecular flexibility index (Phi) is 12.2. The van der Waals surface area contributed by atoms with Crippen molar-refractivity contribution in [1.29, 1.82) is 0 Å². The predicted molar refractivity (Wildman–Crippen MR) is 235 cm³/mol. The van der Waals surface area contributed by atoms with Gasteiger partial charge in [0.2, 0.25) is 23.6 Å². The van der Waals surface area contributed by atoms with Crippen LogP contribution in [0.2, 0.25) is 0 Å². The van der Waals surface area contributed by atoms with Crippen LogP contribution in [0.15, 0.2) is 96.0 Å². The third-order valence-electron chi connectivity index (χ3n) is 11.1. The number of carbonyl (C=O) groups is 6. The zero-order valence-electron chi connectivity index (χ0n) is 34.1. The molecule has 3 aliphatic rings. The highest BCUT2D eigenvalue weighted by Crippen LogP contribution is 2.35. The van der Waals surface area contributed by atoms with Crippen molar-refractivity contribution in [3.63, 3.8) is 0 Å². The molecule has 17 nitrogen and oxygen atoms in total. The second-order valence-electron chi connectivity index (χ2n) is 15.5. The molecule has 1 aromatic heterocycles. The number of hydrogen-bond donors (Lipinski definition) is 7. The van der Waals surface area contributed by atoms with E-state index in [-0.39, 0.29) is 83.9 Å². The second-order valence-corrected chi connectivity index (χ2v) is 17.1. The van der Waals surface area contributed by atoms with Gasteiger partial charge in [-0.1, -0.05) is 24.3 Å². The van der Waals surface area contributed by atoms with Crippen molar-refractivity contribution in [2.24, 2.45) is 0 Å². The molecule has 6 amide bonds. The summed E-state index contributed by atoms with van der Waals surface area (Å²) in [5.41, 5.74) is 11.4. The number of carbonyl (C=O) groups excluding carboxylic acids is 6. The third kappa shape index (κ3) is 9.30. The lowest BCUT2D eigenvalue weighted by molar-refractivity contribution is -0.137. The lowest BCUT2D eigenvalue weighted by Gasteiger charge is -2.29. The number of nitrogens with zero attached hydrogens (tertiary/aromatic N) is 2. The van der Waals surface area contributed by atoms with Crippen LogP contribution in [-0.4, -0.2) is 79.4 Å². The number of hydrogen-bond acceptors (Lipinski definition) is 11. The molecule has 1 saturated heterocycles. The topological polar surface area (TPSA) is 251 Å². The summed E-state index contributed by atoms with van der Waals surface area (Å²) in [7, 11) is -4.22. The van der Waals surface area contributed by atoms with E-state index in [1.54, 1.807) is 36.4 Å². The summed E-state index contributed by atoms with van der Waals surface area (Å²) in [5, 5.41) is 13.6. The number of nitrogens with two attached hydrogens (primary N) is 1. The lowest BCUT2D eigenvalue weighted by atomic mass is 9.94. The lowest BCUT2D eigenvalue weighted by Crippen LogP contribution is -2.52. The van der Waals surface area contributed by atoms with Gasteiger partial charge in [0.25, 0.3) is 21.8 Å². The predicted octanol–water partition coefficient (Wildman–Crippen LogP) is 3.93. The molecule has 328 valence electrons. The van der Waals surface area contributed by atoms with Crippen molar-refractivity contribution in [2.75, 3.05) is 40.7 Å². The zero-order chi connectivity index (χ0) is 45.1. The average Bonchev–Trinajstić information content (AvgIpc) is 3.60. The number of sulfonamides is 1. The summed E-state index contributed by atoms with van der Waals surface area (Å²) in [5.74, 6) is -2.65. The Morgan fingerprint density at radius 2 is 1.62 bits per heavy atom. The van der Waals surface area contributed by atoms with Gasteiger partial charge < -0.3 is 31.9 Å². The van der Waals surface area contributed by atoms with E-state index >= 15 is 4.39 Å². The van der Waals surface area contributed by atoms with E-state index in [1.165, 1.54) is 47.5 Å². The number of pyridine rings is 1. The number of piperidine rings is 1. The Morgan fingerprint density at radius 3 is 2.41 bits per heavy atom. The molecule has 8 N–H and O–H groups in total. The second kappa shape index (κ2) is 18.1. The van der Waals surface area contributed by atoms with Gasteiger partial charge in [0.1, 0.15) is 17.7 Å². The molecule has 0 saturated carbocycles. The minimum absolute atomic E-state index is 0.0656. The Balaban J connectivity index is 0.791. The summed E-state index contributed by atoms with van der Waals surface area (Å²) in [6.45, 7) is 0.911. The molecule has 4 heterocycles. The van der Waals surface area contributed by atoms with Crippen LogP contribution in [0.4, 0.5) is 27.3 Å². The fourth-order valence-electron chi connectivity index (χ4n) is 7.88. The molecule has 1 atom stereocenters. The van der Waals surface area contributed by atoms with Crippen molar-refractivity contribution >= 4 is 68.3 Å². The first kappa shape index (κ1) is 43.2. The summed E-state index contributed by atoms with van der Waals surface area (Å²) < 4.78 is 44.5. The number of halogens is 1. The summed E-state index contributed by atoms with van der Waals surface area (Å²) >= 11 is 0. The van der Waals surface area contributed by atoms with Crippen LogP contribution in [0.5, 0.6) is 0 Å². The molecule has 0 aliphatic carbocycles. The Hall–Kier alpha value is -7.51. The molecule has 0 spiro atoms. The van der Waals surface area contributed by atoms with E-state index in [2.05, 4.69) is 36.3 Å². The zero-order valence-corrected chi connectivity index (χ0v) is 34.9. The number of rotatable bonds is 14. The van der Waals surface area contributed by atoms with Gasteiger partial charge in [-0.05, 0) is 97.6 Å². The van der Waals surface area contributed by atoms with E-state index in [9.17, 15) is 37.2 Å². The van der Waals surface area contributed by atoms with Crippen molar-refractivity contribution in [2.45, 2.75) is 49.6 Å². The van der Waals surface area contributed by atoms with E-state index in [0.29, 0.717) is 70.7 Å². The highest BCUT2D eigenvalue weighted by Gasteiger charge is 2.40. The number of aromatic nitrogens is 1. The smallest absolute Gasteiger partial charge is 0.261 e. The Bertz CT molecular complexity index is 2860. The first-order valence-electron chi connectivity index (χ1n) is 20.4. The number of amides is 6. The normalized spacial score (nSPS) is 15.8. The van der Waals surface area contributed by atoms with Crippen LogP contribution in [0.3, 0.4) is 0 Å². The molecule has 0 radical (unpaired) electrons. The van der Waals surface area contributed by atoms with E-state index in [0.717, 1.165) is 11.6 Å². The van der Waals surface area contributed by atoms with Crippen molar-refractivity contribution < 1.29 is 41.6 Å². The standard InChI is InChI=1S/C45H42FN9O8S/c46-36-21-30(11-13-31(36)27-20-34(42(47)50-22-27)25-6-12-32-26(19-25)16-18-49-43(32)59)64(62,63)54-29-9-7-28(8-10-29)51-41(58)23-48-17-2-5-39(56)52-37-4-1-3-33-35(37)24-55(45(33)61)38-14-15-40(57)53-44(38)60/h1,3-4,6-13,19-22,38,48,54H,2,5,14-18,23-24H2,(H2,47,50)(H,49,59)(H,51,58)(H,52,56)(H,53,57,60). The quantitative estimate of drug-likeness (QED) is 0.0622. The van der Waals surface area contributed by atoms with Gasteiger partial charge in [0, 0.05) is 82.6 Å². The Morgan fingerprint density at radius 1 is 0.844 bits per heavy atom. The third-order valence-corrected chi connectivity index (χ3v) is 12.5. The van der Waals surface area contributed by atoms with Crippen molar-refractivity contribution in [3.8, 4) is 22.3 Å². The summed E-state index contributed by atoms with van der Waals surface area (Å²) in [4.78, 5) is 80.0. The Labute approximate surface area is 366 Å². The molecule has 5 aromatic rings. The van der Waals surface area contributed by atoms with Gasteiger partial charge in [-0.2, -0.15) is 0 Å². The molecule has 3 aliphatic heterocycles. The van der Waals surface area contributed by atoms with E-state index in [1.807, 2.05) is 6.07 Å². The highest BCUT2D eigenvalue weighted by atomic mass is 32.2. The van der Waals surface area contributed by atoms with Crippen LogP contribution in [0, 0.1) is 5.82 Å². The minimum atomic E-state index is -4.22. The van der Waals surface area contributed by atoms with Crippen LogP contribution in [-0.2, 0) is 42.2 Å². The molecular weight excluding hydrogens is 846 g/mol. The molecular formula is C45H42FN9O8S. The van der Waals surface area contributed by atoms with Gasteiger partial charge >= 0.3 is 0 Å². The summed E-state index contributed by atoms with van der Waals surface area (Å²) in [6.07, 6.45) is 2.94. The van der Waals surface area contributed by atoms with Gasteiger partial charge in [0.05, 0.1) is 11.4 Å². The van der Waals surface area contributed by atoms with Crippen molar-refractivity contribution in [3.05, 3.63) is 119 Å². The van der Waals surface area contributed by atoms with Gasteiger partial charge in [-0.3, -0.25) is 38.8 Å². The number of nitrogens with one attached hydrogen (secondary N) is 6. The largest absolute Gasteiger partial charge is 0.383 e. The monoisotopic (exact) mass is 887 g/mol. The number of fused-ring (bicyclic) bond motifs is 2. The SMILES string of the molecule is Nc1ncc(-c2ccc(S(=O)(=O)Nc3ccc(NC(=O)CNCCCC(=O)Nc4cccc5c4CN(C4CCC(=O)NC4=O)C5=O)cc3)cc2F)cc1-c1ccc2c(c1)CCNC2=O. The highest BCUT2D eigenvalue weighted by molar-refractivity contribution is 7.92. The average molecular weight is 888 g/mol. The molecule has 4 aromatic carbocycles. The fraction of sp³-hybridized carbons (Fsp3) is 0.222. The van der Waals surface area contributed by atoms with Gasteiger partial charge in [-0.15, -0.1) is 0 Å². The number of benzene rings is 4. The summed E-state index contributed by atoms with van der Waals surface area (Å²) in [6, 6.07) is 20.6. The fourth-order valence-corrected chi connectivity index (χ4v) is 8.95. The molecule has 64 heavy (non-hydrogen) atoms. The first-order valence-corrected chi connectivity index (χ1v) is 21.9. The molecule has 8 rings (SSSR count). The maximum atomic E-state index is 15.6. The van der Waals surface area contributed by atoms with E-state index in [4.69, 9.17) is 5.73 Å².